The SMILES string of the molecule is O=C(c1ccccc1)C(O)CCCCCCCCCCCO. The van der Waals surface area contributed by atoms with Crippen molar-refractivity contribution < 1.29 is 15.0 Å². The van der Waals surface area contributed by atoms with Gasteiger partial charge >= 0.3 is 0 Å². The van der Waals surface area contributed by atoms with Gasteiger partial charge in [0.1, 0.15) is 6.10 Å². The maximum atomic E-state index is 12.0. The fraction of sp³-hybridized carbons (Fsp3) is 0.632. The van der Waals surface area contributed by atoms with Gasteiger partial charge in [-0.05, 0) is 12.8 Å². The second-order valence-electron chi connectivity index (χ2n) is 5.94. The van der Waals surface area contributed by atoms with Crippen LogP contribution in [0.4, 0.5) is 0 Å². The third kappa shape index (κ3) is 8.30. The predicted octanol–water partition coefficient (Wildman–Crippen LogP) is 4.12. The molecule has 0 aliphatic heterocycles. The van der Waals surface area contributed by atoms with Crippen molar-refractivity contribution >= 4 is 5.78 Å². The van der Waals surface area contributed by atoms with Crippen LogP contribution in [-0.2, 0) is 0 Å². The number of aliphatic hydroxyl groups excluding tert-OH is 2. The Kier molecular flexibility index (Phi) is 10.6. The van der Waals surface area contributed by atoms with E-state index >= 15 is 0 Å². The number of Topliss-reactive ketones (excluding diaryl/α,β-unsaturated/α-hetero) is 1. The van der Waals surface area contributed by atoms with Crippen LogP contribution in [0.5, 0.6) is 0 Å². The van der Waals surface area contributed by atoms with Gasteiger partial charge in [0.05, 0.1) is 0 Å². The number of benzene rings is 1. The van der Waals surface area contributed by atoms with E-state index in [0.29, 0.717) is 18.6 Å². The third-order valence-electron chi connectivity index (χ3n) is 4.00. The van der Waals surface area contributed by atoms with Crippen LogP contribution >= 0.6 is 0 Å². The molecule has 1 aromatic carbocycles. The summed E-state index contributed by atoms with van der Waals surface area (Å²) >= 11 is 0. The first kappa shape index (κ1) is 18.9. The van der Waals surface area contributed by atoms with Crippen molar-refractivity contribution in [1.82, 2.24) is 0 Å². The van der Waals surface area contributed by atoms with Crippen molar-refractivity contribution in [2.24, 2.45) is 0 Å². The summed E-state index contributed by atoms with van der Waals surface area (Å²) in [6.07, 6.45) is 9.84. The van der Waals surface area contributed by atoms with Crippen molar-refractivity contribution in [2.75, 3.05) is 6.61 Å². The lowest BCUT2D eigenvalue weighted by atomic mass is 10.0. The van der Waals surface area contributed by atoms with Crippen molar-refractivity contribution in [1.29, 1.82) is 0 Å². The van der Waals surface area contributed by atoms with E-state index in [-0.39, 0.29) is 5.78 Å². The van der Waals surface area contributed by atoms with Crippen LogP contribution in [0.1, 0.15) is 74.6 Å². The Balaban J connectivity index is 1.99. The van der Waals surface area contributed by atoms with E-state index in [9.17, 15) is 9.90 Å². The van der Waals surface area contributed by atoms with Crippen LogP contribution in [0.3, 0.4) is 0 Å². The molecule has 2 N–H and O–H groups in total. The van der Waals surface area contributed by atoms with Crippen LogP contribution in [-0.4, -0.2) is 28.7 Å². The Labute approximate surface area is 134 Å². The molecule has 1 aromatic rings. The first-order valence-corrected chi connectivity index (χ1v) is 8.64. The second-order valence-corrected chi connectivity index (χ2v) is 5.94. The van der Waals surface area contributed by atoms with Crippen LogP contribution in [0.15, 0.2) is 30.3 Å². The van der Waals surface area contributed by atoms with Gasteiger partial charge in [-0.1, -0.05) is 81.7 Å². The zero-order valence-corrected chi connectivity index (χ0v) is 13.5. The molecule has 0 aliphatic rings. The molecule has 0 bridgehead atoms. The van der Waals surface area contributed by atoms with Gasteiger partial charge in [0, 0.05) is 12.2 Å². The molecule has 1 rings (SSSR count). The van der Waals surface area contributed by atoms with E-state index in [0.717, 1.165) is 25.7 Å². The van der Waals surface area contributed by atoms with Gasteiger partial charge in [0.15, 0.2) is 5.78 Å². The molecule has 124 valence electrons. The number of hydrogen-bond acceptors (Lipinski definition) is 3. The number of ketones is 1. The number of aliphatic hydroxyl groups is 2. The van der Waals surface area contributed by atoms with Crippen LogP contribution in [0.2, 0.25) is 0 Å². The molecule has 0 aromatic heterocycles. The highest BCUT2D eigenvalue weighted by Crippen LogP contribution is 2.13. The van der Waals surface area contributed by atoms with Gasteiger partial charge in [-0.3, -0.25) is 4.79 Å². The minimum absolute atomic E-state index is 0.163. The van der Waals surface area contributed by atoms with E-state index in [1.54, 1.807) is 12.1 Å². The fourth-order valence-corrected chi connectivity index (χ4v) is 2.61. The lowest BCUT2D eigenvalue weighted by molar-refractivity contribution is 0.0725. The summed E-state index contributed by atoms with van der Waals surface area (Å²) in [5.74, 6) is -0.163. The Hall–Kier alpha value is -1.19. The van der Waals surface area contributed by atoms with E-state index < -0.39 is 6.10 Å². The molecule has 0 amide bonds. The lowest BCUT2D eigenvalue weighted by Gasteiger charge is -2.09. The average molecular weight is 306 g/mol. The minimum Gasteiger partial charge on any atom is -0.396 e. The number of unbranched alkanes of at least 4 members (excludes halogenated alkanes) is 8. The van der Waals surface area contributed by atoms with Crippen LogP contribution in [0, 0.1) is 0 Å². The van der Waals surface area contributed by atoms with Crippen molar-refractivity contribution in [3.8, 4) is 0 Å². The van der Waals surface area contributed by atoms with Crippen molar-refractivity contribution in [2.45, 2.75) is 70.3 Å². The number of carbonyl (C=O) groups excluding carboxylic acids is 1. The summed E-state index contributed by atoms with van der Waals surface area (Å²) in [6, 6.07) is 9.01. The summed E-state index contributed by atoms with van der Waals surface area (Å²) in [5.41, 5.74) is 0.595. The first-order chi connectivity index (χ1) is 10.8. The van der Waals surface area contributed by atoms with Crippen molar-refractivity contribution in [3.05, 3.63) is 35.9 Å². The van der Waals surface area contributed by atoms with E-state index in [1.807, 2.05) is 18.2 Å². The Morgan fingerprint density at radius 2 is 1.32 bits per heavy atom. The molecule has 0 fully saturated rings. The molecule has 0 aliphatic carbocycles. The predicted molar refractivity (Wildman–Crippen MR) is 90.0 cm³/mol. The number of rotatable bonds is 13. The summed E-state index contributed by atoms with van der Waals surface area (Å²) in [4.78, 5) is 12.0. The molecular formula is C19H30O3. The third-order valence-corrected chi connectivity index (χ3v) is 4.00. The maximum absolute atomic E-state index is 12.0. The minimum atomic E-state index is -0.860. The Bertz CT molecular complexity index is 389. The molecular weight excluding hydrogens is 276 g/mol. The normalized spacial score (nSPS) is 12.3. The molecule has 0 saturated heterocycles. The topological polar surface area (TPSA) is 57.5 Å². The molecule has 3 nitrogen and oxygen atoms in total. The maximum Gasteiger partial charge on any atom is 0.191 e. The van der Waals surface area contributed by atoms with E-state index in [1.165, 1.54) is 32.1 Å². The Morgan fingerprint density at radius 1 is 0.818 bits per heavy atom. The highest BCUT2D eigenvalue weighted by molar-refractivity contribution is 5.99. The standard InChI is InChI=1S/C19H30O3/c20-16-12-7-5-3-1-2-4-6-11-15-18(21)19(22)17-13-9-8-10-14-17/h8-10,13-14,18,20-21H,1-7,11-12,15-16H2. The van der Waals surface area contributed by atoms with Crippen molar-refractivity contribution in [3.63, 3.8) is 0 Å². The summed E-state index contributed by atoms with van der Waals surface area (Å²) in [6.45, 7) is 0.310. The molecule has 22 heavy (non-hydrogen) atoms. The van der Waals surface area contributed by atoms with Gasteiger partial charge in [-0.25, -0.2) is 0 Å². The molecule has 0 saturated carbocycles. The first-order valence-electron chi connectivity index (χ1n) is 8.64. The molecule has 0 spiro atoms. The van der Waals surface area contributed by atoms with Gasteiger partial charge in [-0.2, -0.15) is 0 Å². The summed E-state index contributed by atoms with van der Waals surface area (Å²) in [5, 5.41) is 18.6. The number of carbonyl (C=O) groups is 1. The summed E-state index contributed by atoms with van der Waals surface area (Å²) < 4.78 is 0. The van der Waals surface area contributed by atoms with Gasteiger partial charge in [0.2, 0.25) is 0 Å². The van der Waals surface area contributed by atoms with Gasteiger partial charge < -0.3 is 10.2 Å². The number of hydrogen-bond donors (Lipinski definition) is 2. The van der Waals surface area contributed by atoms with Gasteiger partial charge in [-0.15, -0.1) is 0 Å². The summed E-state index contributed by atoms with van der Waals surface area (Å²) in [7, 11) is 0. The zero-order chi connectivity index (χ0) is 16.0. The van der Waals surface area contributed by atoms with E-state index in [4.69, 9.17) is 5.11 Å². The highest BCUT2D eigenvalue weighted by Gasteiger charge is 2.15. The van der Waals surface area contributed by atoms with E-state index in [2.05, 4.69) is 0 Å². The molecule has 1 atom stereocenters. The largest absolute Gasteiger partial charge is 0.396 e. The molecule has 0 heterocycles. The second kappa shape index (κ2) is 12.4. The highest BCUT2D eigenvalue weighted by atomic mass is 16.3. The zero-order valence-electron chi connectivity index (χ0n) is 13.5. The van der Waals surface area contributed by atoms with Gasteiger partial charge in [0.25, 0.3) is 0 Å². The smallest absolute Gasteiger partial charge is 0.191 e. The molecule has 0 radical (unpaired) electrons. The Morgan fingerprint density at radius 3 is 1.86 bits per heavy atom. The quantitative estimate of drug-likeness (QED) is 0.426. The molecule has 3 heteroatoms. The molecule has 1 unspecified atom stereocenters. The lowest BCUT2D eigenvalue weighted by Crippen LogP contribution is -2.20. The fourth-order valence-electron chi connectivity index (χ4n) is 2.61. The van der Waals surface area contributed by atoms with Crippen LogP contribution in [0.25, 0.3) is 0 Å². The van der Waals surface area contributed by atoms with Crippen LogP contribution < -0.4 is 0 Å². The average Bonchev–Trinajstić information content (AvgIpc) is 2.56. The monoisotopic (exact) mass is 306 g/mol.